The second-order valence-electron chi connectivity index (χ2n) is 5.24. The number of anilines is 1. The first kappa shape index (κ1) is 17.6. The molecule has 0 atom stereocenters. The fraction of sp³-hybridized carbons (Fsp3) is 0.500. The van der Waals surface area contributed by atoms with Gasteiger partial charge in [0.05, 0.1) is 0 Å². The molecule has 0 radical (unpaired) electrons. The highest BCUT2D eigenvalue weighted by Gasteiger charge is 2.30. The Hall–Kier alpha value is -1.79. The van der Waals surface area contributed by atoms with Gasteiger partial charge < -0.3 is 15.0 Å². The molecule has 0 unspecified atom stereocenters. The first-order chi connectivity index (χ1) is 11.1. The number of rotatable bonds is 8. The van der Waals surface area contributed by atoms with Crippen molar-refractivity contribution in [3.8, 4) is 0 Å². The predicted molar refractivity (Wildman–Crippen MR) is 89.9 cm³/mol. The summed E-state index contributed by atoms with van der Waals surface area (Å²) in [6.07, 6.45) is 0.766. The zero-order chi connectivity index (χ0) is 16.7. The van der Waals surface area contributed by atoms with Crippen LogP contribution in [-0.4, -0.2) is 56.2 Å². The molecule has 0 aliphatic carbocycles. The van der Waals surface area contributed by atoms with E-state index in [0.29, 0.717) is 37.9 Å². The van der Waals surface area contributed by atoms with E-state index in [1.54, 1.807) is 28.0 Å². The molecule has 6 nitrogen and oxygen atoms in total. The summed E-state index contributed by atoms with van der Waals surface area (Å²) in [6.45, 7) is 4.94. The van der Waals surface area contributed by atoms with Gasteiger partial charge in [0.15, 0.2) is 0 Å². The van der Waals surface area contributed by atoms with Gasteiger partial charge in [-0.25, -0.2) is 4.79 Å². The number of benzene rings is 1. The second kappa shape index (κ2) is 8.74. The third-order valence-electron chi connectivity index (χ3n) is 3.54. The average Bonchev–Trinajstić information content (AvgIpc) is 2.88. The van der Waals surface area contributed by atoms with Gasteiger partial charge in [-0.15, -0.1) is 0 Å². The van der Waals surface area contributed by atoms with Crippen LogP contribution >= 0.6 is 11.6 Å². The fourth-order valence-corrected chi connectivity index (χ4v) is 2.57. The molecule has 0 bridgehead atoms. The fourth-order valence-electron chi connectivity index (χ4n) is 2.39. The van der Waals surface area contributed by atoms with Crippen molar-refractivity contribution in [2.75, 3.05) is 44.3 Å². The highest BCUT2D eigenvalue weighted by Crippen LogP contribution is 2.23. The van der Waals surface area contributed by atoms with Crippen molar-refractivity contribution in [1.82, 2.24) is 10.2 Å². The molecule has 0 saturated carbocycles. The van der Waals surface area contributed by atoms with Gasteiger partial charge in [0.25, 0.3) is 0 Å². The van der Waals surface area contributed by atoms with Crippen molar-refractivity contribution >= 4 is 29.2 Å². The largest absolute Gasteiger partial charge is 0.382 e. The van der Waals surface area contributed by atoms with Gasteiger partial charge in [-0.1, -0.05) is 17.7 Å². The molecule has 0 aromatic heterocycles. The molecular formula is C16H22ClN3O3. The number of carbonyl (C=O) groups is 2. The SMILES string of the molecule is CCOCCCNC(=O)CN1CCN(c2cccc(Cl)c2)C1=O. The topological polar surface area (TPSA) is 61.9 Å². The van der Waals surface area contributed by atoms with E-state index in [1.807, 2.05) is 13.0 Å². The summed E-state index contributed by atoms with van der Waals surface area (Å²) in [7, 11) is 0. The van der Waals surface area contributed by atoms with E-state index in [2.05, 4.69) is 5.32 Å². The molecular weight excluding hydrogens is 318 g/mol. The van der Waals surface area contributed by atoms with Crippen molar-refractivity contribution in [3.05, 3.63) is 29.3 Å². The number of hydrogen-bond donors (Lipinski definition) is 1. The minimum atomic E-state index is -0.170. The quantitative estimate of drug-likeness (QED) is 0.738. The normalized spacial score (nSPS) is 14.4. The molecule has 23 heavy (non-hydrogen) atoms. The van der Waals surface area contributed by atoms with E-state index >= 15 is 0 Å². The molecule has 7 heteroatoms. The van der Waals surface area contributed by atoms with Crippen LogP contribution in [0.2, 0.25) is 5.02 Å². The Morgan fingerprint density at radius 2 is 2.22 bits per heavy atom. The summed E-state index contributed by atoms with van der Waals surface area (Å²) >= 11 is 5.96. The van der Waals surface area contributed by atoms with Crippen molar-refractivity contribution in [2.45, 2.75) is 13.3 Å². The van der Waals surface area contributed by atoms with Crippen LogP contribution in [-0.2, 0) is 9.53 Å². The number of hydrogen-bond acceptors (Lipinski definition) is 3. The van der Waals surface area contributed by atoms with E-state index in [0.717, 1.165) is 12.1 Å². The lowest BCUT2D eigenvalue weighted by Crippen LogP contribution is -2.40. The summed E-state index contributed by atoms with van der Waals surface area (Å²) in [5, 5.41) is 3.38. The van der Waals surface area contributed by atoms with Crippen LogP contribution in [0.15, 0.2) is 24.3 Å². The number of carbonyl (C=O) groups excluding carboxylic acids is 2. The van der Waals surface area contributed by atoms with Gasteiger partial charge in [-0.2, -0.15) is 0 Å². The molecule has 1 aliphatic heterocycles. The molecule has 3 amide bonds. The van der Waals surface area contributed by atoms with Crippen LogP contribution in [0.3, 0.4) is 0 Å². The predicted octanol–water partition coefficient (Wildman–Crippen LogP) is 2.12. The highest BCUT2D eigenvalue weighted by molar-refractivity contribution is 6.30. The maximum Gasteiger partial charge on any atom is 0.325 e. The van der Waals surface area contributed by atoms with Crippen LogP contribution in [0.5, 0.6) is 0 Å². The third kappa shape index (κ3) is 5.11. The third-order valence-corrected chi connectivity index (χ3v) is 3.78. The van der Waals surface area contributed by atoms with Crippen LogP contribution in [0.25, 0.3) is 0 Å². The molecule has 1 fully saturated rings. The first-order valence-electron chi connectivity index (χ1n) is 7.78. The van der Waals surface area contributed by atoms with Crippen LogP contribution in [0, 0.1) is 0 Å². The molecule has 1 aromatic rings. The van der Waals surface area contributed by atoms with Gasteiger partial charge in [0.1, 0.15) is 6.54 Å². The number of nitrogens with zero attached hydrogens (tertiary/aromatic N) is 2. The number of nitrogens with one attached hydrogen (secondary N) is 1. The Labute approximate surface area is 141 Å². The van der Waals surface area contributed by atoms with Crippen molar-refractivity contribution < 1.29 is 14.3 Å². The Balaban J connectivity index is 1.79. The maximum absolute atomic E-state index is 12.4. The highest BCUT2D eigenvalue weighted by atomic mass is 35.5. The maximum atomic E-state index is 12.4. The molecule has 126 valence electrons. The van der Waals surface area contributed by atoms with Gasteiger partial charge in [0.2, 0.25) is 5.91 Å². The van der Waals surface area contributed by atoms with Gasteiger partial charge in [-0.05, 0) is 31.5 Å². The summed E-state index contributed by atoms with van der Waals surface area (Å²) in [5.41, 5.74) is 0.752. The lowest BCUT2D eigenvalue weighted by Gasteiger charge is -2.18. The number of urea groups is 1. The standard InChI is InChI=1S/C16H22ClN3O3/c1-2-23-10-4-7-18-15(21)12-19-8-9-20(16(19)22)14-6-3-5-13(17)11-14/h3,5-6,11H,2,4,7-10,12H2,1H3,(H,18,21). The first-order valence-corrected chi connectivity index (χ1v) is 8.16. The molecule has 1 aromatic carbocycles. The van der Waals surface area contributed by atoms with Crippen LogP contribution < -0.4 is 10.2 Å². The number of amides is 3. The van der Waals surface area contributed by atoms with Crippen molar-refractivity contribution in [1.29, 1.82) is 0 Å². The zero-order valence-electron chi connectivity index (χ0n) is 13.3. The lowest BCUT2D eigenvalue weighted by molar-refractivity contribution is -0.121. The van der Waals surface area contributed by atoms with Crippen molar-refractivity contribution in [3.63, 3.8) is 0 Å². The minimum absolute atomic E-state index is 0.0739. The summed E-state index contributed by atoms with van der Waals surface area (Å²) in [5.74, 6) is -0.150. The summed E-state index contributed by atoms with van der Waals surface area (Å²) in [4.78, 5) is 27.4. The van der Waals surface area contributed by atoms with E-state index in [-0.39, 0.29) is 18.5 Å². The Morgan fingerprint density at radius 1 is 1.39 bits per heavy atom. The van der Waals surface area contributed by atoms with E-state index in [1.165, 1.54) is 0 Å². The Kier molecular flexibility index (Phi) is 6.67. The van der Waals surface area contributed by atoms with Gasteiger partial charge >= 0.3 is 6.03 Å². The average molecular weight is 340 g/mol. The molecule has 1 N–H and O–H groups in total. The molecule has 0 spiro atoms. The smallest absolute Gasteiger partial charge is 0.325 e. The molecule has 2 rings (SSSR count). The van der Waals surface area contributed by atoms with E-state index in [4.69, 9.17) is 16.3 Å². The minimum Gasteiger partial charge on any atom is -0.382 e. The summed E-state index contributed by atoms with van der Waals surface area (Å²) < 4.78 is 5.21. The monoisotopic (exact) mass is 339 g/mol. The lowest BCUT2D eigenvalue weighted by atomic mass is 10.3. The summed E-state index contributed by atoms with van der Waals surface area (Å²) in [6, 6.07) is 6.98. The molecule has 1 heterocycles. The second-order valence-corrected chi connectivity index (χ2v) is 5.67. The molecule has 1 aliphatic rings. The van der Waals surface area contributed by atoms with E-state index < -0.39 is 0 Å². The molecule has 1 saturated heterocycles. The van der Waals surface area contributed by atoms with Gasteiger partial charge in [-0.3, -0.25) is 9.69 Å². The van der Waals surface area contributed by atoms with Crippen molar-refractivity contribution in [2.24, 2.45) is 0 Å². The van der Waals surface area contributed by atoms with Crippen LogP contribution in [0.1, 0.15) is 13.3 Å². The van der Waals surface area contributed by atoms with E-state index in [9.17, 15) is 9.59 Å². The van der Waals surface area contributed by atoms with Crippen LogP contribution in [0.4, 0.5) is 10.5 Å². The Morgan fingerprint density at radius 3 is 2.96 bits per heavy atom. The zero-order valence-corrected chi connectivity index (χ0v) is 14.0. The number of ether oxygens (including phenoxy) is 1. The Bertz CT molecular complexity index is 553. The number of halogens is 1. The van der Waals surface area contributed by atoms with Gasteiger partial charge in [0, 0.05) is 43.6 Å².